The zero-order valence-corrected chi connectivity index (χ0v) is 14.9. The maximum atomic E-state index is 12.8. The van der Waals surface area contributed by atoms with Crippen LogP contribution in [0.25, 0.3) is 0 Å². The zero-order chi connectivity index (χ0) is 17.8. The highest BCUT2D eigenvalue weighted by Gasteiger charge is 2.27. The molecule has 2 aromatic heterocycles. The molecule has 0 saturated carbocycles. The molecule has 8 heteroatoms. The highest BCUT2D eigenvalue weighted by Crippen LogP contribution is 2.25. The summed E-state index contributed by atoms with van der Waals surface area (Å²) in [6.45, 7) is 5.59. The Morgan fingerprint density at radius 2 is 1.92 bits per heavy atom. The van der Waals surface area contributed by atoms with Crippen molar-refractivity contribution in [2.24, 2.45) is 0 Å². The van der Waals surface area contributed by atoms with Crippen molar-refractivity contribution in [3.8, 4) is 0 Å². The third-order valence-corrected chi connectivity index (χ3v) is 5.30. The Bertz CT molecular complexity index is 698. The molecule has 2 aliphatic rings. The molecule has 0 aliphatic carbocycles. The largest absolute Gasteiger partial charge is 0.341 e. The molecule has 2 aliphatic heterocycles. The second kappa shape index (κ2) is 7.82. The number of likely N-dealkylation sites (tertiary alicyclic amines) is 1. The minimum absolute atomic E-state index is 0.235. The maximum Gasteiger partial charge on any atom is 0.236 e. The van der Waals surface area contributed by atoms with Gasteiger partial charge in [-0.25, -0.2) is 9.97 Å². The smallest absolute Gasteiger partial charge is 0.236 e. The fraction of sp³-hybridized carbons (Fsp3) is 0.556. The molecule has 4 rings (SSSR count). The van der Waals surface area contributed by atoms with Crippen molar-refractivity contribution in [1.82, 2.24) is 30.0 Å². The summed E-state index contributed by atoms with van der Waals surface area (Å²) in [5.41, 5.74) is 1.14. The van der Waals surface area contributed by atoms with Crippen molar-refractivity contribution in [3.05, 3.63) is 36.4 Å². The Morgan fingerprint density at radius 3 is 2.65 bits per heavy atom. The van der Waals surface area contributed by atoms with Gasteiger partial charge in [-0.3, -0.25) is 14.8 Å². The number of piperidine rings is 1. The molecular formula is C18H25N7O. The summed E-state index contributed by atoms with van der Waals surface area (Å²) in [6, 6.07) is 3.84. The minimum atomic E-state index is 0.235. The van der Waals surface area contributed by atoms with Crippen LogP contribution in [0.2, 0.25) is 0 Å². The maximum absolute atomic E-state index is 12.8. The Labute approximate surface area is 153 Å². The number of anilines is 1. The van der Waals surface area contributed by atoms with Gasteiger partial charge in [-0.05, 0) is 25.0 Å². The predicted molar refractivity (Wildman–Crippen MR) is 97.8 cm³/mol. The van der Waals surface area contributed by atoms with Gasteiger partial charge in [-0.1, -0.05) is 0 Å². The summed E-state index contributed by atoms with van der Waals surface area (Å²) >= 11 is 0. The molecule has 1 amide bonds. The molecule has 8 nitrogen and oxygen atoms in total. The van der Waals surface area contributed by atoms with Gasteiger partial charge in [-0.15, -0.1) is 0 Å². The molecule has 138 valence electrons. The number of hydrogen-bond acceptors (Lipinski definition) is 6. The van der Waals surface area contributed by atoms with E-state index in [4.69, 9.17) is 0 Å². The Balaban J connectivity index is 1.27. The monoisotopic (exact) mass is 355 g/mol. The first-order valence-electron chi connectivity index (χ1n) is 9.31. The summed E-state index contributed by atoms with van der Waals surface area (Å²) in [7, 11) is 0. The van der Waals surface area contributed by atoms with Gasteiger partial charge in [0.2, 0.25) is 11.9 Å². The van der Waals surface area contributed by atoms with Gasteiger partial charge in [0.15, 0.2) is 0 Å². The summed E-state index contributed by atoms with van der Waals surface area (Å²) in [5.74, 6) is 1.39. The van der Waals surface area contributed by atoms with Crippen LogP contribution in [0, 0.1) is 0 Å². The lowest BCUT2D eigenvalue weighted by Crippen LogP contribution is -2.51. The van der Waals surface area contributed by atoms with Crippen molar-refractivity contribution < 1.29 is 4.79 Å². The van der Waals surface area contributed by atoms with Gasteiger partial charge in [-0.2, -0.15) is 5.10 Å². The van der Waals surface area contributed by atoms with Crippen LogP contribution in [0.1, 0.15) is 24.5 Å². The van der Waals surface area contributed by atoms with E-state index in [2.05, 4.69) is 30.0 Å². The number of hydrogen-bond donors (Lipinski definition) is 1. The molecule has 0 unspecified atom stereocenters. The van der Waals surface area contributed by atoms with E-state index in [9.17, 15) is 4.79 Å². The van der Waals surface area contributed by atoms with Crippen LogP contribution in [-0.4, -0.2) is 81.7 Å². The lowest BCUT2D eigenvalue weighted by molar-refractivity contribution is -0.133. The molecule has 2 saturated heterocycles. The Morgan fingerprint density at radius 1 is 1.12 bits per heavy atom. The number of aromatic nitrogens is 4. The van der Waals surface area contributed by atoms with Gasteiger partial charge < -0.3 is 9.80 Å². The van der Waals surface area contributed by atoms with E-state index in [-0.39, 0.29) is 5.91 Å². The Hall–Kier alpha value is -2.48. The molecule has 1 atom stereocenters. The molecule has 2 fully saturated rings. The van der Waals surface area contributed by atoms with Gasteiger partial charge in [0.25, 0.3) is 0 Å². The van der Waals surface area contributed by atoms with Gasteiger partial charge >= 0.3 is 0 Å². The number of piperazine rings is 1. The standard InChI is InChI=1S/C18H25N7O/c26-17(25-8-1-3-15(13-25)16-4-7-21-22-16)14-23-9-11-24(12-10-23)18-19-5-2-6-20-18/h2,4-7,15H,1,3,8-14H2,(H,21,22)/t15-/m0/s1. The Kier molecular flexibility index (Phi) is 5.10. The van der Waals surface area contributed by atoms with Gasteiger partial charge in [0.1, 0.15) is 0 Å². The van der Waals surface area contributed by atoms with Crippen molar-refractivity contribution in [2.45, 2.75) is 18.8 Å². The first-order valence-corrected chi connectivity index (χ1v) is 9.31. The van der Waals surface area contributed by atoms with Crippen LogP contribution in [0.15, 0.2) is 30.7 Å². The van der Waals surface area contributed by atoms with Gasteiger partial charge in [0.05, 0.1) is 6.54 Å². The number of nitrogens with one attached hydrogen (secondary N) is 1. The average molecular weight is 355 g/mol. The molecule has 4 heterocycles. The molecule has 0 aromatic carbocycles. The van der Waals surface area contributed by atoms with E-state index >= 15 is 0 Å². The third-order valence-electron chi connectivity index (χ3n) is 5.30. The number of aromatic amines is 1. The van der Waals surface area contributed by atoms with Crippen LogP contribution in [0.3, 0.4) is 0 Å². The van der Waals surface area contributed by atoms with Crippen molar-refractivity contribution >= 4 is 11.9 Å². The summed E-state index contributed by atoms with van der Waals surface area (Å²) in [6.07, 6.45) is 7.48. The van der Waals surface area contributed by atoms with E-state index in [0.717, 1.165) is 63.8 Å². The highest BCUT2D eigenvalue weighted by molar-refractivity contribution is 5.78. The van der Waals surface area contributed by atoms with Gasteiger partial charge in [0, 0.05) is 69.5 Å². The van der Waals surface area contributed by atoms with E-state index in [1.807, 2.05) is 17.0 Å². The zero-order valence-electron chi connectivity index (χ0n) is 14.9. The molecule has 0 spiro atoms. The molecular weight excluding hydrogens is 330 g/mol. The van der Waals surface area contributed by atoms with Crippen LogP contribution >= 0.6 is 0 Å². The first kappa shape index (κ1) is 17.0. The fourth-order valence-corrected chi connectivity index (χ4v) is 3.80. The van der Waals surface area contributed by atoms with E-state index < -0.39 is 0 Å². The normalized spacial score (nSPS) is 21.8. The van der Waals surface area contributed by atoms with Crippen molar-refractivity contribution in [2.75, 3.05) is 50.7 Å². The fourth-order valence-electron chi connectivity index (χ4n) is 3.80. The van der Waals surface area contributed by atoms with E-state index in [1.165, 1.54) is 0 Å². The topological polar surface area (TPSA) is 81.2 Å². The second-order valence-electron chi connectivity index (χ2n) is 7.00. The minimum Gasteiger partial charge on any atom is -0.341 e. The predicted octanol–water partition coefficient (Wildman–Crippen LogP) is 0.728. The summed E-state index contributed by atoms with van der Waals surface area (Å²) in [5, 5.41) is 7.09. The number of carbonyl (C=O) groups excluding carboxylic acids is 1. The quantitative estimate of drug-likeness (QED) is 0.871. The average Bonchev–Trinajstić information content (AvgIpc) is 3.24. The lowest BCUT2D eigenvalue weighted by atomic mass is 9.95. The lowest BCUT2D eigenvalue weighted by Gasteiger charge is -2.37. The number of amides is 1. The van der Waals surface area contributed by atoms with Crippen LogP contribution in [-0.2, 0) is 4.79 Å². The molecule has 1 N–H and O–H groups in total. The van der Waals surface area contributed by atoms with Crippen molar-refractivity contribution in [1.29, 1.82) is 0 Å². The number of nitrogens with zero attached hydrogens (tertiary/aromatic N) is 6. The van der Waals surface area contributed by atoms with Crippen LogP contribution < -0.4 is 4.90 Å². The number of rotatable bonds is 4. The molecule has 0 bridgehead atoms. The highest BCUT2D eigenvalue weighted by atomic mass is 16.2. The van der Waals surface area contributed by atoms with E-state index in [1.54, 1.807) is 18.6 Å². The third kappa shape index (κ3) is 3.85. The van der Waals surface area contributed by atoms with E-state index in [0.29, 0.717) is 12.5 Å². The SMILES string of the molecule is O=C(CN1CCN(c2ncccn2)CC1)N1CCC[C@H](c2ccn[nH]2)C1. The van der Waals surface area contributed by atoms with Crippen LogP contribution in [0.5, 0.6) is 0 Å². The number of carbonyl (C=O) groups is 1. The first-order chi connectivity index (χ1) is 12.8. The molecule has 0 radical (unpaired) electrons. The number of H-pyrrole nitrogens is 1. The molecule has 2 aromatic rings. The van der Waals surface area contributed by atoms with Crippen molar-refractivity contribution in [3.63, 3.8) is 0 Å². The summed E-state index contributed by atoms with van der Waals surface area (Å²) < 4.78 is 0. The molecule has 26 heavy (non-hydrogen) atoms. The summed E-state index contributed by atoms with van der Waals surface area (Å²) in [4.78, 5) is 27.8. The second-order valence-corrected chi connectivity index (χ2v) is 7.00. The van der Waals surface area contributed by atoms with Crippen LogP contribution in [0.4, 0.5) is 5.95 Å².